The van der Waals surface area contributed by atoms with E-state index in [4.69, 9.17) is 0 Å². The van der Waals surface area contributed by atoms with Crippen LogP contribution in [-0.4, -0.2) is 35.2 Å². The molecule has 6 nitrogen and oxygen atoms in total. The molecule has 1 aromatic heterocycles. The fourth-order valence-corrected chi connectivity index (χ4v) is 2.03. The summed E-state index contributed by atoms with van der Waals surface area (Å²) in [6, 6.07) is 4.61. The van der Waals surface area contributed by atoms with Crippen LogP contribution in [0.1, 0.15) is 0 Å². The van der Waals surface area contributed by atoms with Crippen LogP contribution in [0.2, 0.25) is 0 Å². The number of para-hydroxylation sites is 1. The number of nitrogens with zero attached hydrogens (tertiary/aromatic N) is 4. The molecule has 3 rings (SSSR count). The number of benzene rings is 1. The monoisotopic (exact) mass is 282 g/mol. The van der Waals surface area contributed by atoms with Crippen LogP contribution < -0.4 is 14.4 Å². The molecule has 20 heavy (non-hydrogen) atoms. The summed E-state index contributed by atoms with van der Waals surface area (Å²) in [7, 11) is 5.36. The van der Waals surface area contributed by atoms with Crippen LogP contribution in [0.3, 0.4) is 0 Å². The van der Waals surface area contributed by atoms with Gasteiger partial charge in [0, 0.05) is 21.1 Å². The predicted octanol–water partition coefficient (Wildman–Crippen LogP) is 1.87. The number of anilines is 1. The van der Waals surface area contributed by atoms with Crippen molar-refractivity contribution < 1.29 is 18.3 Å². The zero-order valence-corrected chi connectivity index (χ0v) is 11.1. The molecule has 1 aliphatic rings. The van der Waals surface area contributed by atoms with Gasteiger partial charge in [-0.05, 0) is 12.1 Å². The van der Waals surface area contributed by atoms with Crippen molar-refractivity contribution in [2.24, 2.45) is 7.05 Å². The van der Waals surface area contributed by atoms with Gasteiger partial charge in [-0.1, -0.05) is 6.07 Å². The zero-order chi connectivity index (χ0) is 14.5. The van der Waals surface area contributed by atoms with Gasteiger partial charge in [0.15, 0.2) is 17.3 Å². The number of fused-ring (bicyclic) bond motifs is 1. The van der Waals surface area contributed by atoms with Crippen LogP contribution in [0.15, 0.2) is 18.2 Å². The molecule has 8 heteroatoms. The van der Waals surface area contributed by atoms with Gasteiger partial charge in [0.1, 0.15) is 0 Å². The molecule has 1 aliphatic heterocycles. The first-order valence-electron chi connectivity index (χ1n) is 5.85. The van der Waals surface area contributed by atoms with Gasteiger partial charge in [-0.2, -0.15) is 4.98 Å². The Hall–Kier alpha value is -2.38. The van der Waals surface area contributed by atoms with Crippen molar-refractivity contribution in [1.29, 1.82) is 0 Å². The maximum Gasteiger partial charge on any atom is 0.586 e. The van der Waals surface area contributed by atoms with E-state index in [1.807, 2.05) is 14.1 Å². The molecule has 0 saturated carbocycles. The minimum absolute atomic E-state index is 0.0219. The van der Waals surface area contributed by atoms with Gasteiger partial charge in [-0.3, -0.25) is 0 Å². The molecule has 0 atom stereocenters. The lowest BCUT2D eigenvalue weighted by molar-refractivity contribution is -0.286. The number of aromatic nitrogens is 3. The van der Waals surface area contributed by atoms with Crippen LogP contribution in [0.4, 0.5) is 14.7 Å². The summed E-state index contributed by atoms with van der Waals surface area (Å²) >= 11 is 0. The minimum atomic E-state index is -3.66. The van der Waals surface area contributed by atoms with Gasteiger partial charge in [-0.15, -0.1) is 13.9 Å². The highest BCUT2D eigenvalue weighted by molar-refractivity contribution is 5.70. The summed E-state index contributed by atoms with van der Waals surface area (Å²) in [5.74, 6) is 0.831. The summed E-state index contributed by atoms with van der Waals surface area (Å²) in [6.07, 6.45) is -3.66. The number of hydrogen-bond acceptors (Lipinski definition) is 5. The molecule has 0 fully saturated rings. The Morgan fingerprint density at radius 2 is 2.00 bits per heavy atom. The first-order chi connectivity index (χ1) is 9.37. The second kappa shape index (κ2) is 4.06. The molecular weight excluding hydrogens is 270 g/mol. The van der Waals surface area contributed by atoms with Gasteiger partial charge < -0.3 is 14.4 Å². The smallest absolute Gasteiger partial charge is 0.395 e. The van der Waals surface area contributed by atoms with E-state index in [0.717, 1.165) is 0 Å². The molecule has 0 bridgehead atoms. The molecule has 2 aromatic rings. The van der Waals surface area contributed by atoms with Crippen molar-refractivity contribution in [3.63, 3.8) is 0 Å². The molecule has 106 valence electrons. The van der Waals surface area contributed by atoms with Gasteiger partial charge in [-0.25, -0.2) is 4.68 Å². The first kappa shape index (κ1) is 12.6. The fourth-order valence-electron chi connectivity index (χ4n) is 2.03. The average molecular weight is 282 g/mol. The lowest BCUT2D eigenvalue weighted by atomic mass is 10.2. The molecule has 0 radical (unpaired) electrons. The van der Waals surface area contributed by atoms with E-state index in [1.54, 1.807) is 28.8 Å². The molecule has 2 heterocycles. The van der Waals surface area contributed by atoms with E-state index in [-0.39, 0.29) is 11.5 Å². The highest BCUT2D eigenvalue weighted by Gasteiger charge is 2.45. The first-order valence-corrected chi connectivity index (χ1v) is 5.85. The number of aryl methyl sites for hydroxylation is 1. The van der Waals surface area contributed by atoms with Crippen LogP contribution in [0, 0.1) is 0 Å². The lowest BCUT2D eigenvalue weighted by Gasteiger charge is -2.08. The summed E-state index contributed by atoms with van der Waals surface area (Å²) in [6.45, 7) is 0. The number of hydrogen-bond donors (Lipinski definition) is 0. The van der Waals surface area contributed by atoms with Crippen LogP contribution >= 0.6 is 0 Å². The zero-order valence-electron chi connectivity index (χ0n) is 11.1. The largest absolute Gasteiger partial charge is 0.586 e. The van der Waals surface area contributed by atoms with Gasteiger partial charge >= 0.3 is 6.29 Å². The summed E-state index contributed by atoms with van der Waals surface area (Å²) in [5.41, 5.74) is 0.364. The SMILES string of the molecule is CN(C)c1nc(-c2cccc3c2OC(F)(F)O3)nn1C. The molecule has 1 aromatic carbocycles. The quantitative estimate of drug-likeness (QED) is 0.841. The Balaban J connectivity index is 2.09. The summed E-state index contributed by atoms with van der Waals surface area (Å²) in [4.78, 5) is 6.07. The second-order valence-electron chi connectivity index (χ2n) is 4.55. The van der Waals surface area contributed by atoms with E-state index in [9.17, 15) is 8.78 Å². The molecule has 0 N–H and O–H groups in total. The Labute approximate surface area is 113 Å². The Kier molecular flexibility index (Phi) is 2.56. The third-order valence-electron chi connectivity index (χ3n) is 2.81. The van der Waals surface area contributed by atoms with E-state index >= 15 is 0 Å². The van der Waals surface area contributed by atoms with Crippen LogP contribution in [-0.2, 0) is 7.05 Å². The van der Waals surface area contributed by atoms with Crippen molar-refractivity contribution in [2.45, 2.75) is 6.29 Å². The standard InChI is InChI=1S/C12H12F2N4O2/c1-17(2)11-15-10(16-18(11)3)7-5-4-6-8-9(7)20-12(13,14)19-8/h4-6H,1-3H3. The lowest BCUT2D eigenvalue weighted by Crippen LogP contribution is -2.26. The fraction of sp³-hybridized carbons (Fsp3) is 0.333. The molecular formula is C12H12F2N4O2. The second-order valence-corrected chi connectivity index (χ2v) is 4.55. The van der Waals surface area contributed by atoms with E-state index in [1.165, 1.54) is 6.07 Å². The van der Waals surface area contributed by atoms with E-state index in [2.05, 4.69) is 19.6 Å². The average Bonchev–Trinajstić information content (AvgIpc) is 2.86. The van der Waals surface area contributed by atoms with Crippen molar-refractivity contribution >= 4 is 5.95 Å². The van der Waals surface area contributed by atoms with Crippen molar-refractivity contribution in [3.05, 3.63) is 18.2 Å². The number of rotatable bonds is 2. The highest BCUT2D eigenvalue weighted by Crippen LogP contribution is 2.46. The molecule has 0 spiro atoms. The van der Waals surface area contributed by atoms with Crippen LogP contribution in [0.5, 0.6) is 11.5 Å². The molecule has 0 unspecified atom stereocenters. The Morgan fingerprint density at radius 1 is 1.25 bits per heavy atom. The molecule has 0 amide bonds. The van der Waals surface area contributed by atoms with Crippen molar-refractivity contribution in [2.75, 3.05) is 19.0 Å². The molecule has 0 saturated heterocycles. The van der Waals surface area contributed by atoms with Crippen molar-refractivity contribution in [1.82, 2.24) is 14.8 Å². The summed E-state index contributed by atoms with van der Waals surface area (Å²) < 4.78 is 36.8. The normalized spacial score (nSPS) is 15.4. The van der Waals surface area contributed by atoms with Crippen LogP contribution in [0.25, 0.3) is 11.4 Å². The van der Waals surface area contributed by atoms with Gasteiger partial charge in [0.25, 0.3) is 0 Å². The maximum atomic E-state index is 13.1. The van der Waals surface area contributed by atoms with Gasteiger partial charge in [0.05, 0.1) is 5.56 Å². The molecule has 0 aliphatic carbocycles. The summed E-state index contributed by atoms with van der Waals surface area (Å²) in [5, 5.41) is 4.21. The number of ether oxygens (including phenoxy) is 2. The topological polar surface area (TPSA) is 52.4 Å². The number of alkyl halides is 2. The third kappa shape index (κ3) is 1.93. The maximum absolute atomic E-state index is 13.1. The van der Waals surface area contributed by atoms with E-state index in [0.29, 0.717) is 17.3 Å². The minimum Gasteiger partial charge on any atom is -0.395 e. The third-order valence-corrected chi connectivity index (χ3v) is 2.81. The highest BCUT2D eigenvalue weighted by atomic mass is 19.3. The van der Waals surface area contributed by atoms with Crippen molar-refractivity contribution in [3.8, 4) is 22.9 Å². The Bertz CT molecular complexity index is 669. The van der Waals surface area contributed by atoms with E-state index < -0.39 is 6.29 Å². The number of halogens is 2. The predicted molar refractivity (Wildman–Crippen MR) is 67.0 cm³/mol. The Morgan fingerprint density at radius 3 is 2.65 bits per heavy atom. The van der Waals surface area contributed by atoms with Gasteiger partial charge in [0.2, 0.25) is 5.95 Å².